The second-order valence-electron chi connectivity index (χ2n) is 4.48. The first kappa shape index (κ1) is 13.5. The van der Waals surface area contributed by atoms with Crippen LogP contribution in [0.3, 0.4) is 0 Å². The molecule has 1 aromatic carbocycles. The summed E-state index contributed by atoms with van der Waals surface area (Å²) >= 11 is 0. The van der Waals surface area contributed by atoms with Crippen molar-refractivity contribution in [3.8, 4) is 0 Å². The van der Waals surface area contributed by atoms with Crippen LogP contribution >= 0.6 is 0 Å². The van der Waals surface area contributed by atoms with E-state index >= 15 is 0 Å². The third kappa shape index (κ3) is 3.50. The van der Waals surface area contributed by atoms with Gasteiger partial charge in [-0.1, -0.05) is 43.0 Å². The Morgan fingerprint density at radius 2 is 1.74 bits per heavy atom. The van der Waals surface area contributed by atoms with Gasteiger partial charge in [-0.15, -0.1) is 0 Å². The van der Waals surface area contributed by atoms with E-state index in [0.717, 1.165) is 11.1 Å². The predicted molar refractivity (Wildman–Crippen MR) is 74.4 cm³/mol. The molecule has 98 valence electrons. The van der Waals surface area contributed by atoms with E-state index in [4.69, 9.17) is 0 Å². The van der Waals surface area contributed by atoms with Gasteiger partial charge in [-0.25, -0.2) is 0 Å². The lowest BCUT2D eigenvalue weighted by atomic mass is 9.96. The van der Waals surface area contributed by atoms with Crippen LogP contribution in [0.5, 0.6) is 0 Å². The molecule has 0 bridgehead atoms. The van der Waals surface area contributed by atoms with E-state index in [1.54, 1.807) is 24.5 Å². The minimum Gasteiger partial charge on any atom is -0.388 e. The smallest absolute Gasteiger partial charge is 0.0999 e. The first-order valence-corrected chi connectivity index (χ1v) is 6.17. The van der Waals surface area contributed by atoms with Crippen molar-refractivity contribution in [1.82, 2.24) is 4.98 Å². The van der Waals surface area contributed by atoms with Crippen LogP contribution in [0.4, 0.5) is 0 Å². The summed E-state index contributed by atoms with van der Waals surface area (Å²) in [6.07, 6.45) is 2.13. The highest BCUT2D eigenvalue weighted by Gasteiger charge is 2.16. The van der Waals surface area contributed by atoms with E-state index < -0.39 is 12.2 Å². The van der Waals surface area contributed by atoms with E-state index in [1.807, 2.05) is 30.3 Å². The molecular weight excluding hydrogens is 238 g/mol. The maximum atomic E-state index is 10.2. The third-order valence-electron chi connectivity index (χ3n) is 3.03. The Bertz CT molecular complexity index is 525. The fourth-order valence-corrected chi connectivity index (χ4v) is 1.92. The van der Waals surface area contributed by atoms with Gasteiger partial charge in [0.15, 0.2) is 0 Å². The van der Waals surface area contributed by atoms with Gasteiger partial charge in [-0.05, 0) is 22.8 Å². The molecule has 2 aromatic rings. The molecule has 1 aromatic heterocycles. The minimum atomic E-state index is -0.757. The number of rotatable bonds is 5. The van der Waals surface area contributed by atoms with Crippen LogP contribution in [0.15, 0.2) is 67.0 Å². The number of benzene rings is 1. The first-order valence-electron chi connectivity index (χ1n) is 6.17. The lowest BCUT2D eigenvalue weighted by Crippen LogP contribution is -2.06. The summed E-state index contributed by atoms with van der Waals surface area (Å²) in [4.78, 5) is 3.96. The normalized spacial score (nSPS) is 13.8. The number of hydrogen-bond donors (Lipinski definition) is 2. The summed E-state index contributed by atoms with van der Waals surface area (Å²) in [7, 11) is 0. The van der Waals surface area contributed by atoms with Gasteiger partial charge in [0.2, 0.25) is 0 Å². The molecule has 3 nitrogen and oxygen atoms in total. The Morgan fingerprint density at radius 1 is 1.05 bits per heavy atom. The van der Waals surface area contributed by atoms with Crippen LogP contribution < -0.4 is 0 Å². The van der Waals surface area contributed by atoms with E-state index in [1.165, 1.54) is 0 Å². The average Bonchev–Trinajstić information content (AvgIpc) is 2.48. The highest BCUT2D eigenvalue weighted by Crippen LogP contribution is 2.28. The summed E-state index contributed by atoms with van der Waals surface area (Å²) in [6, 6.07) is 12.9. The van der Waals surface area contributed by atoms with Crippen molar-refractivity contribution in [2.24, 2.45) is 0 Å². The monoisotopic (exact) mass is 255 g/mol. The average molecular weight is 255 g/mol. The Hall–Kier alpha value is -1.97. The molecule has 0 aliphatic heterocycles. The van der Waals surface area contributed by atoms with Crippen molar-refractivity contribution < 1.29 is 10.2 Å². The second-order valence-corrected chi connectivity index (χ2v) is 4.48. The molecule has 2 rings (SSSR count). The van der Waals surface area contributed by atoms with E-state index in [0.29, 0.717) is 12.0 Å². The van der Waals surface area contributed by atoms with Crippen LogP contribution in [-0.2, 0) is 0 Å². The molecule has 0 aliphatic carbocycles. The van der Waals surface area contributed by atoms with E-state index in [-0.39, 0.29) is 0 Å². The zero-order chi connectivity index (χ0) is 13.7. The Balaban J connectivity index is 2.02. The predicted octanol–water partition coefficient (Wildman–Crippen LogP) is 2.79. The maximum Gasteiger partial charge on any atom is 0.0999 e. The molecule has 1 heterocycles. The summed E-state index contributed by atoms with van der Waals surface area (Å²) in [5, 5.41) is 20.2. The van der Waals surface area contributed by atoms with Gasteiger partial charge >= 0.3 is 0 Å². The minimum absolute atomic E-state index is 0.307. The largest absolute Gasteiger partial charge is 0.388 e. The van der Waals surface area contributed by atoms with Gasteiger partial charge in [0.05, 0.1) is 12.2 Å². The summed E-state index contributed by atoms with van der Waals surface area (Å²) in [5.74, 6) is 0. The Kier molecular flexibility index (Phi) is 4.44. The number of aromatic nitrogens is 1. The van der Waals surface area contributed by atoms with Crippen LogP contribution in [0.1, 0.15) is 29.8 Å². The molecule has 0 saturated heterocycles. The molecule has 0 radical (unpaired) electrons. The molecule has 0 unspecified atom stereocenters. The summed E-state index contributed by atoms with van der Waals surface area (Å²) in [6.45, 7) is 3.87. The zero-order valence-electron chi connectivity index (χ0n) is 10.6. The van der Waals surface area contributed by atoms with E-state index in [9.17, 15) is 10.2 Å². The van der Waals surface area contributed by atoms with Crippen molar-refractivity contribution in [3.05, 3.63) is 78.1 Å². The fraction of sp³-hybridized carbons (Fsp3) is 0.188. The Morgan fingerprint density at radius 3 is 2.37 bits per heavy atom. The number of pyridine rings is 1. The molecule has 2 atom stereocenters. The quantitative estimate of drug-likeness (QED) is 0.808. The van der Waals surface area contributed by atoms with Crippen LogP contribution in [0.2, 0.25) is 0 Å². The van der Waals surface area contributed by atoms with Gasteiger partial charge in [-0.3, -0.25) is 4.98 Å². The number of aliphatic hydroxyl groups excluding tert-OH is 2. The molecule has 19 heavy (non-hydrogen) atoms. The summed E-state index contributed by atoms with van der Waals surface area (Å²) < 4.78 is 0. The highest BCUT2D eigenvalue weighted by atomic mass is 16.3. The zero-order valence-corrected chi connectivity index (χ0v) is 10.6. The lowest BCUT2D eigenvalue weighted by Gasteiger charge is -2.17. The molecular formula is C16H17NO2. The van der Waals surface area contributed by atoms with E-state index in [2.05, 4.69) is 11.6 Å². The first-order chi connectivity index (χ1) is 9.18. The molecule has 0 spiro atoms. The molecule has 0 fully saturated rings. The topological polar surface area (TPSA) is 53.4 Å². The van der Waals surface area contributed by atoms with Crippen LogP contribution in [0, 0.1) is 0 Å². The highest BCUT2D eigenvalue weighted by molar-refractivity contribution is 5.26. The van der Waals surface area contributed by atoms with Crippen LogP contribution in [0.25, 0.3) is 0 Å². The molecule has 3 heteroatoms. The third-order valence-corrected chi connectivity index (χ3v) is 3.03. The molecule has 0 amide bonds. The van der Waals surface area contributed by atoms with Crippen molar-refractivity contribution in [2.45, 2.75) is 18.6 Å². The van der Waals surface area contributed by atoms with Crippen molar-refractivity contribution in [1.29, 1.82) is 0 Å². The van der Waals surface area contributed by atoms with Gasteiger partial charge in [0.25, 0.3) is 0 Å². The molecule has 0 saturated carbocycles. The number of hydrogen-bond acceptors (Lipinski definition) is 3. The fourth-order valence-electron chi connectivity index (χ4n) is 1.92. The van der Waals surface area contributed by atoms with Crippen LogP contribution in [-0.4, -0.2) is 15.2 Å². The maximum absolute atomic E-state index is 10.2. The van der Waals surface area contributed by atoms with Crippen molar-refractivity contribution in [2.75, 3.05) is 0 Å². The van der Waals surface area contributed by atoms with Gasteiger partial charge in [-0.2, -0.15) is 0 Å². The standard InChI is InChI=1S/C16H17NO2/c1-12(16(19)13-6-3-2-4-7-13)10-15(18)14-8-5-9-17-11-14/h2-9,11,15-16,18-19H,1,10H2/t15-,16-/m0/s1. The van der Waals surface area contributed by atoms with Crippen molar-refractivity contribution in [3.63, 3.8) is 0 Å². The summed E-state index contributed by atoms with van der Waals surface area (Å²) in [5.41, 5.74) is 2.09. The number of nitrogens with zero attached hydrogens (tertiary/aromatic N) is 1. The van der Waals surface area contributed by atoms with Gasteiger partial charge in [0, 0.05) is 18.8 Å². The lowest BCUT2D eigenvalue weighted by molar-refractivity contribution is 0.154. The molecule has 2 N–H and O–H groups in total. The Labute approximate surface area is 112 Å². The second kappa shape index (κ2) is 6.27. The molecule has 0 aliphatic rings. The SMILES string of the molecule is C=C(C[C@H](O)c1cccnc1)[C@H](O)c1ccccc1. The van der Waals surface area contributed by atoms with Crippen molar-refractivity contribution >= 4 is 0 Å². The van der Waals surface area contributed by atoms with Gasteiger partial charge < -0.3 is 10.2 Å². The number of aliphatic hydroxyl groups is 2. The van der Waals surface area contributed by atoms with Gasteiger partial charge in [0.1, 0.15) is 0 Å².